The van der Waals surface area contributed by atoms with Crippen LogP contribution in [0.15, 0.2) is 0 Å². The van der Waals surface area contributed by atoms with E-state index in [2.05, 4.69) is 10.2 Å². The molecule has 0 aromatic rings. The molecule has 3 aliphatic rings. The van der Waals surface area contributed by atoms with E-state index in [4.69, 9.17) is 0 Å². The van der Waals surface area contributed by atoms with Gasteiger partial charge < -0.3 is 10.2 Å². The lowest BCUT2D eigenvalue weighted by atomic mass is 9.83. The largest absolute Gasteiger partial charge is 0.393 e. The normalized spacial score (nSPS) is 39.8. The van der Waals surface area contributed by atoms with E-state index in [-0.39, 0.29) is 6.04 Å². The molecule has 20 heavy (non-hydrogen) atoms. The molecule has 3 rings (SSSR count). The highest BCUT2D eigenvalue weighted by molar-refractivity contribution is 4.93. The third-order valence-electron chi connectivity index (χ3n) is 5.46. The lowest BCUT2D eigenvalue weighted by molar-refractivity contribution is -0.189. The zero-order valence-electron chi connectivity index (χ0n) is 12.0. The van der Waals surface area contributed by atoms with E-state index < -0.39 is 12.1 Å². The van der Waals surface area contributed by atoms with E-state index in [1.807, 2.05) is 0 Å². The Morgan fingerprint density at radius 1 is 0.900 bits per heavy atom. The first-order chi connectivity index (χ1) is 9.54. The SMILES string of the molecule is FC(F)(F)C1CCCCC1NC1CCN2CCCC2C1. The number of piperidine rings is 1. The molecule has 1 N–H and O–H groups in total. The number of fused-ring (bicyclic) bond motifs is 1. The van der Waals surface area contributed by atoms with Crippen molar-refractivity contribution in [2.24, 2.45) is 5.92 Å². The number of hydrogen-bond donors (Lipinski definition) is 1. The van der Waals surface area contributed by atoms with Crippen molar-refractivity contribution in [1.29, 1.82) is 0 Å². The molecule has 3 fully saturated rings. The molecule has 2 heterocycles. The molecular weight excluding hydrogens is 265 g/mol. The van der Waals surface area contributed by atoms with E-state index in [1.54, 1.807) is 0 Å². The van der Waals surface area contributed by atoms with Crippen LogP contribution in [-0.4, -0.2) is 42.3 Å². The van der Waals surface area contributed by atoms with Gasteiger partial charge >= 0.3 is 6.18 Å². The maximum atomic E-state index is 13.1. The van der Waals surface area contributed by atoms with Crippen molar-refractivity contribution in [3.8, 4) is 0 Å². The van der Waals surface area contributed by atoms with E-state index in [0.717, 1.165) is 32.2 Å². The summed E-state index contributed by atoms with van der Waals surface area (Å²) in [5.41, 5.74) is 0. The van der Waals surface area contributed by atoms with Crippen molar-refractivity contribution in [1.82, 2.24) is 10.2 Å². The van der Waals surface area contributed by atoms with Gasteiger partial charge in [-0.2, -0.15) is 13.2 Å². The highest BCUT2D eigenvalue weighted by Gasteiger charge is 2.46. The Kier molecular flexibility index (Phi) is 4.27. The van der Waals surface area contributed by atoms with Crippen molar-refractivity contribution in [2.75, 3.05) is 13.1 Å². The fraction of sp³-hybridized carbons (Fsp3) is 1.00. The van der Waals surface area contributed by atoms with Crippen LogP contribution in [0.2, 0.25) is 0 Å². The summed E-state index contributed by atoms with van der Waals surface area (Å²) in [6, 6.07) is 0.568. The van der Waals surface area contributed by atoms with Crippen LogP contribution in [0.5, 0.6) is 0 Å². The predicted molar refractivity (Wildman–Crippen MR) is 72.6 cm³/mol. The fourth-order valence-electron chi connectivity index (χ4n) is 4.40. The summed E-state index contributed by atoms with van der Waals surface area (Å²) in [6.07, 6.45) is 3.16. The Labute approximate surface area is 119 Å². The number of alkyl halides is 3. The van der Waals surface area contributed by atoms with Gasteiger partial charge in [0.2, 0.25) is 0 Å². The molecule has 0 aromatic carbocycles. The van der Waals surface area contributed by atoms with Crippen LogP contribution in [0, 0.1) is 5.92 Å². The molecule has 2 nitrogen and oxygen atoms in total. The predicted octanol–water partition coefficient (Wildman–Crippen LogP) is 3.32. The smallest absolute Gasteiger partial charge is 0.311 e. The van der Waals surface area contributed by atoms with Crippen LogP contribution in [0.1, 0.15) is 51.4 Å². The molecule has 5 heteroatoms. The maximum Gasteiger partial charge on any atom is 0.393 e. The van der Waals surface area contributed by atoms with E-state index in [1.165, 1.54) is 19.4 Å². The summed E-state index contributed by atoms with van der Waals surface area (Å²) in [6.45, 7) is 2.25. The highest BCUT2D eigenvalue weighted by Crippen LogP contribution is 2.38. The average Bonchev–Trinajstić information content (AvgIpc) is 2.85. The lowest BCUT2D eigenvalue weighted by Gasteiger charge is -2.40. The number of hydrogen-bond acceptors (Lipinski definition) is 2. The van der Waals surface area contributed by atoms with Crippen LogP contribution in [0.3, 0.4) is 0 Å². The second-order valence-electron chi connectivity index (χ2n) is 6.76. The molecule has 0 amide bonds. The molecule has 0 aromatic heterocycles. The maximum absolute atomic E-state index is 13.1. The summed E-state index contributed by atoms with van der Waals surface area (Å²) < 4.78 is 39.3. The van der Waals surface area contributed by atoms with Gasteiger partial charge in [-0.25, -0.2) is 0 Å². The summed E-state index contributed by atoms with van der Waals surface area (Å²) in [5, 5.41) is 3.38. The number of nitrogens with one attached hydrogen (secondary N) is 1. The van der Waals surface area contributed by atoms with Crippen LogP contribution < -0.4 is 5.32 Å². The van der Waals surface area contributed by atoms with Crippen molar-refractivity contribution >= 4 is 0 Å². The lowest BCUT2D eigenvalue weighted by Crippen LogP contribution is -2.53. The summed E-state index contributed by atoms with van der Waals surface area (Å²) >= 11 is 0. The molecular formula is C15H25F3N2. The summed E-state index contributed by atoms with van der Waals surface area (Å²) in [4.78, 5) is 2.51. The second kappa shape index (κ2) is 5.84. The minimum atomic E-state index is -4.04. The molecule has 4 atom stereocenters. The fourth-order valence-corrected chi connectivity index (χ4v) is 4.40. The van der Waals surface area contributed by atoms with Gasteiger partial charge in [0.15, 0.2) is 0 Å². The van der Waals surface area contributed by atoms with Crippen molar-refractivity contribution < 1.29 is 13.2 Å². The highest BCUT2D eigenvalue weighted by atomic mass is 19.4. The van der Waals surface area contributed by atoms with Gasteiger partial charge in [-0.05, 0) is 51.6 Å². The minimum Gasteiger partial charge on any atom is -0.311 e. The van der Waals surface area contributed by atoms with Gasteiger partial charge in [0.25, 0.3) is 0 Å². The molecule has 0 bridgehead atoms. The molecule has 0 spiro atoms. The van der Waals surface area contributed by atoms with Crippen molar-refractivity contribution in [2.45, 2.75) is 75.7 Å². The van der Waals surface area contributed by atoms with Crippen LogP contribution >= 0.6 is 0 Å². The monoisotopic (exact) mass is 290 g/mol. The Balaban J connectivity index is 1.58. The van der Waals surface area contributed by atoms with Crippen LogP contribution in [-0.2, 0) is 0 Å². The Morgan fingerprint density at radius 2 is 1.70 bits per heavy atom. The average molecular weight is 290 g/mol. The zero-order valence-corrected chi connectivity index (χ0v) is 12.0. The third-order valence-corrected chi connectivity index (χ3v) is 5.46. The van der Waals surface area contributed by atoms with Gasteiger partial charge in [0.05, 0.1) is 5.92 Å². The topological polar surface area (TPSA) is 15.3 Å². The minimum absolute atomic E-state index is 0.294. The number of nitrogens with zero attached hydrogens (tertiary/aromatic N) is 1. The molecule has 116 valence electrons. The number of halogens is 3. The first kappa shape index (κ1) is 14.6. The van der Waals surface area contributed by atoms with Gasteiger partial charge in [-0.15, -0.1) is 0 Å². The molecule has 0 radical (unpaired) electrons. The van der Waals surface area contributed by atoms with E-state index >= 15 is 0 Å². The first-order valence-electron chi connectivity index (χ1n) is 8.11. The summed E-state index contributed by atoms with van der Waals surface area (Å²) in [5.74, 6) is -1.13. The number of rotatable bonds is 2. The standard InChI is InChI=1S/C15H25F3N2/c16-15(17,18)13-5-1-2-6-14(13)19-11-7-9-20-8-3-4-12(20)10-11/h11-14,19H,1-10H2. The van der Waals surface area contributed by atoms with Gasteiger partial charge in [-0.3, -0.25) is 0 Å². The van der Waals surface area contributed by atoms with Crippen LogP contribution in [0.4, 0.5) is 13.2 Å². The Morgan fingerprint density at radius 3 is 2.50 bits per heavy atom. The molecule has 4 unspecified atom stereocenters. The molecule has 2 aliphatic heterocycles. The second-order valence-corrected chi connectivity index (χ2v) is 6.76. The Hall–Kier alpha value is -0.290. The van der Waals surface area contributed by atoms with Gasteiger partial charge in [0, 0.05) is 18.1 Å². The third kappa shape index (κ3) is 3.14. The summed E-state index contributed by atoms with van der Waals surface area (Å²) in [7, 11) is 0. The zero-order chi connectivity index (χ0) is 14.2. The van der Waals surface area contributed by atoms with Crippen LogP contribution in [0.25, 0.3) is 0 Å². The quantitative estimate of drug-likeness (QED) is 0.839. The van der Waals surface area contributed by atoms with E-state index in [9.17, 15) is 13.2 Å². The molecule has 1 saturated carbocycles. The van der Waals surface area contributed by atoms with Crippen molar-refractivity contribution in [3.05, 3.63) is 0 Å². The van der Waals surface area contributed by atoms with Gasteiger partial charge in [-0.1, -0.05) is 12.8 Å². The van der Waals surface area contributed by atoms with Gasteiger partial charge in [0.1, 0.15) is 0 Å². The van der Waals surface area contributed by atoms with Crippen molar-refractivity contribution in [3.63, 3.8) is 0 Å². The Bertz CT molecular complexity index is 332. The molecule has 1 aliphatic carbocycles. The molecule has 2 saturated heterocycles. The first-order valence-corrected chi connectivity index (χ1v) is 8.11. The van der Waals surface area contributed by atoms with E-state index in [0.29, 0.717) is 24.9 Å².